The fraction of sp³-hybridized carbons (Fsp3) is 0.364. The van der Waals surface area contributed by atoms with Crippen molar-refractivity contribution in [3.63, 3.8) is 0 Å². The van der Waals surface area contributed by atoms with Gasteiger partial charge in [0.1, 0.15) is 0 Å². The maximum Gasteiger partial charge on any atom is 0.255 e. The molecule has 2 aromatic rings. The summed E-state index contributed by atoms with van der Waals surface area (Å²) in [6.45, 7) is 7.90. The zero-order valence-corrected chi connectivity index (χ0v) is 16.2. The summed E-state index contributed by atoms with van der Waals surface area (Å²) in [7, 11) is 0. The second-order valence-corrected chi connectivity index (χ2v) is 7.37. The Bertz CT molecular complexity index is 822. The van der Waals surface area contributed by atoms with Crippen LogP contribution in [-0.4, -0.2) is 24.9 Å². The third-order valence-electron chi connectivity index (χ3n) is 4.87. The molecule has 1 aliphatic rings. The van der Waals surface area contributed by atoms with E-state index in [0.717, 1.165) is 24.3 Å². The van der Waals surface area contributed by atoms with E-state index in [1.54, 1.807) is 24.3 Å². The SMILES string of the molecule is Cc1cc(N2CCCC2)ccc1NC(=O)c1ccc(NC(=O)C(C)C)cc1. The molecule has 0 saturated carbocycles. The fourth-order valence-corrected chi connectivity index (χ4v) is 3.15. The zero-order chi connectivity index (χ0) is 19.4. The van der Waals surface area contributed by atoms with Crippen LogP contribution in [0.1, 0.15) is 42.6 Å². The van der Waals surface area contributed by atoms with E-state index in [2.05, 4.69) is 27.7 Å². The third kappa shape index (κ3) is 4.67. The van der Waals surface area contributed by atoms with Crippen LogP contribution in [0.25, 0.3) is 0 Å². The summed E-state index contributed by atoms with van der Waals surface area (Å²) in [5, 5.41) is 5.80. The van der Waals surface area contributed by atoms with Crippen molar-refractivity contribution >= 4 is 28.9 Å². The molecule has 1 heterocycles. The molecule has 0 aromatic heterocycles. The molecule has 0 atom stereocenters. The number of benzene rings is 2. The summed E-state index contributed by atoms with van der Waals surface area (Å²) >= 11 is 0. The highest BCUT2D eigenvalue weighted by molar-refractivity contribution is 6.05. The number of hydrogen-bond donors (Lipinski definition) is 2. The Hall–Kier alpha value is -2.82. The minimum Gasteiger partial charge on any atom is -0.372 e. The summed E-state index contributed by atoms with van der Waals surface area (Å²) in [5.41, 5.74) is 4.33. The van der Waals surface area contributed by atoms with Gasteiger partial charge in [0, 0.05) is 41.6 Å². The van der Waals surface area contributed by atoms with E-state index in [9.17, 15) is 9.59 Å². The van der Waals surface area contributed by atoms with E-state index in [1.165, 1.54) is 18.5 Å². The van der Waals surface area contributed by atoms with Crippen LogP contribution in [0.4, 0.5) is 17.1 Å². The van der Waals surface area contributed by atoms with Crippen LogP contribution in [0.2, 0.25) is 0 Å². The predicted molar refractivity (Wildman–Crippen MR) is 110 cm³/mol. The highest BCUT2D eigenvalue weighted by Gasteiger charge is 2.14. The molecule has 1 aliphatic heterocycles. The molecule has 3 rings (SSSR count). The van der Waals surface area contributed by atoms with Gasteiger partial charge >= 0.3 is 0 Å². The van der Waals surface area contributed by atoms with E-state index < -0.39 is 0 Å². The Morgan fingerprint density at radius 1 is 0.963 bits per heavy atom. The number of carbonyl (C=O) groups is 2. The van der Waals surface area contributed by atoms with Crippen molar-refractivity contribution in [1.29, 1.82) is 0 Å². The van der Waals surface area contributed by atoms with Crippen LogP contribution in [0, 0.1) is 12.8 Å². The van der Waals surface area contributed by atoms with Gasteiger partial charge in [0.25, 0.3) is 5.91 Å². The lowest BCUT2D eigenvalue weighted by molar-refractivity contribution is -0.118. The second-order valence-electron chi connectivity index (χ2n) is 7.37. The monoisotopic (exact) mass is 365 g/mol. The van der Waals surface area contributed by atoms with Gasteiger partial charge < -0.3 is 15.5 Å². The third-order valence-corrected chi connectivity index (χ3v) is 4.87. The average molecular weight is 365 g/mol. The number of aryl methyl sites for hydroxylation is 1. The lowest BCUT2D eigenvalue weighted by Gasteiger charge is -2.19. The largest absolute Gasteiger partial charge is 0.372 e. The van der Waals surface area contributed by atoms with Crippen LogP contribution in [-0.2, 0) is 4.79 Å². The second kappa shape index (κ2) is 8.25. The summed E-state index contributed by atoms with van der Waals surface area (Å²) in [6.07, 6.45) is 2.48. The molecular weight excluding hydrogens is 338 g/mol. The molecule has 27 heavy (non-hydrogen) atoms. The first-order chi connectivity index (χ1) is 12.9. The van der Waals surface area contributed by atoms with Crippen LogP contribution in [0.15, 0.2) is 42.5 Å². The topological polar surface area (TPSA) is 61.4 Å². The van der Waals surface area contributed by atoms with Gasteiger partial charge in [-0.25, -0.2) is 0 Å². The summed E-state index contributed by atoms with van der Waals surface area (Å²) in [4.78, 5) is 26.7. The molecule has 0 radical (unpaired) electrons. The van der Waals surface area contributed by atoms with Crippen LogP contribution < -0.4 is 15.5 Å². The van der Waals surface area contributed by atoms with Gasteiger partial charge in [0.15, 0.2) is 0 Å². The molecule has 0 bridgehead atoms. The fourth-order valence-electron chi connectivity index (χ4n) is 3.15. The van der Waals surface area contributed by atoms with E-state index in [-0.39, 0.29) is 17.7 Å². The Kier molecular flexibility index (Phi) is 5.79. The molecule has 2 N–H and O–H groups in total. The Morgan fingerprint density at radius 3 is 2.22 bits per heavy atom. The summed E-state index contributed by atoms with van der Waals surface area (Å²) < 4.78 is 0. The molecule has 5 heteroatoms. The molecule has 142 valence electrons. The lowest BCUT2D eigenvalue weighted by Crippen LogP contribution is -2.18. The van der Waals surface area contributed by atoms with Crippen LogP contribution in [0.5, 0.6) is 0 Å². The van der Waals surface area contributed by atoms with E-state index in [1.807, 2.05) is 26.8 Å². The highest BCUT2D eigenvalue weighted by Crippen LogP contribution is 2.26. The summed E-state index contributed by atoms with van der Waals surface area (Å²) in [6, 6.07) is 13.1. The Balaban J connectivity index is 1.65. The van der Waals surface area contributed by atoms with Crippen molar-refractivity contribution in [3.8, 4) is 0 Å². The van der Waals surface area contributed by atoms with E-state index in [0.29, 0.717) is 11.3 Å². The zero-order valence-electron chi connectivity index (χ0n) is 16.2. The molecule has 5 nitrogen and oxygen atoms in total. The maximum atomic E-state index is 12.5. The van der Waals surface area contributed by atoms with Crippen molar-refractivity contribution in [3.05, 3.63) is 53.6 Å². The Morgan fingerprint density at radius 2 is 1.63 bits per heavy atom. The van der Waals surface area contributed by atoms with Crippen molar-refractivity contribution in [2.45, 2.75) is 33.6 Å². The number of hydrogen-bond acceptors (Lipinski definition) is 3. The molecule has 0 spiro atoms. The van der Waals surface area contributed by atoms with Gasteiger partial charge in [0.05, 0.1) is 0 Å². The number of anilines is 3. The molecule has 2 amide bonds. The van der Waals surface area contributed by atoms with Gasteiger partial charge in [-0.2, -0.15) is 0 Å². The number of rotatable bonds is 5. The highest BCUT2D eigenvalue weighted by atomic mass is 16.2. The smallest absolute Gasteiger partial charge is 0.255 e. The first-order valence-electron chi connectivity index (χ1n) is 9.52. The molecule has 0 unspecified atom stereocenters. The minimum absolute atomic E-state index is 0.0408. The Labute approximate surface area is 160 Å². The van der Waals surface area contributed by atoms with Gasteiger partial charge in [-0.1, -0.05) is 13.8 Å². The quantitative estimate of drug-likeness (QED) is 0.823. The van der Waals surface area contributed by atoms with E-state index in [4.69, 9.17) is 0 Å². The maximum absolute atomic E-state index is 12.5. The van der Waals surface area contributed by atoms with E-state index >= 15 is 0 Å². The minimum atomic E-state index is -0.159. The van der Waals surface area contributed by atoms with Gasteiger partial charge in [0.2, 0.25) is 5.91 Å². The van der Waals surface area contributed by atoms with Crippen LogP contribution in [0.3, 0.4) is 0 Å². The van der Waals surface area contributed by atoms with Gasteiger partial charge in [-0.3, -0.25) is 9.59 Å². The van der Waals surface area contributed by atoms with Crippen molar-refractivity contribution < 1.29 is 9.59 Å². The molecular formula is C22H27N3O2. The van der Waals surface area contributed by atoms with Gasteiger partial charge in [-0.15, -0.1) is 0 Å². The van der Waals surface area contributed by atoms with Crippen molar-refractivity contribution in [1.82, 2.24) is 0 Å². The van der Waals surface area contributed by atoms with Crippen molar-refractivity contribution in [2.75, 3.05) is 28.6 Å². The van der Waals surface area contributed by atoms with Gasteiger partial charge in [-0.05, 0) is 67.8 Å². The lowest BCUT2D eigenvalue weighted by atomic mass is 10.1. The number of nitrogens with zero attached hydrogens (tertiary/aromatic N) is 1. The molecule has 1 fully saturated rings. The normalized spacial score (nSPS) is 13.7. The number of amides is 2. The predicted octanol–water partition coefficient (Wildman–Crippen LogP) is 4.44. The average Bonchev–Trinajstić information content (AvgIpc) is 3.18. The van der Waals surface area contributed by atoms with Crippen molar-refractivity contribution in [2.24, 2.45) is 5.92 Å². The number of nitrogens with one attached hydrogen (secondary N) is 2. The first-order valence-corrected chi connectivity index (χ1v) is 9.52. The van der Waals surface area contributed by atoms with Crippen LogP contribution >= 0.6 is 0 Å². The summed E-state index contributed by atoms with van der Waals surface area (Å²) in [5.74, 6) is -0.283. The first kappa shape index (κ1) is 19.0. The molecule has 0 aliphatic carbocycles. The standard InChI is InChI=1S/C22H27N3O2/c1-15(2)21(26)23-18-8-6-17(7-9-18)22(27)24-20-11-10-19(14-16(20)3)25-12-4-5-13-25/h6-11,14-15H,4-5,12-13H2,1-3H3,(H,23,26)(H,24,27). The molecule has 1 saturated heterocycles. The number of carbonyl (C=O) groups excluding carboxylic acids is 2. The molecule has 2 aromatic carbocycles.